The third kappa shape index (κ3) is 5.11. The number of carbonyl (C=O) groups is 1. The van der Waals surface area contributed by atoms with Crippen molar-refractivity contribution < 1.29 is 14.5 Å². The molecule has 0 radical (unpaired) electrons. The number of hydrogen-bond acceptors (Lipinski definition) is 6. The van der Waals surface area contributed by atoms with Crippen molar-refractivity contribution in [1.82, 2.24) is 10.5 Å². The summed E-state index contributed by atoms with van der Waals surface area (Å²) in [5.41, 5.74) is 7.03. The molecule has 1 spiro atoms. The van der Waals surface area contributed by atoms with Crippen LogP contribution >= 0.6 is 11.8 Å². The number of amides is 1. The molecule has 4 rings (SSSR count). The first-order valence-corrected chi connectivity index (χ1v) is 12.2. The minimum absolute atomic E-state index is 0.129. The second-order valence-electron chi connectivity index (χ2n) is 9.29. The van der Waals surface area contributed by atoms with Crippen LogP contribution in [-0.2, 0) is 15.1 Å². The third-order valence-corrected chi connectivity index (χ3v) is 6.75. The monoisotopic (exact) mass is 453 g/mol. The minimum Gasteiger partial charge on any atom is -0.351 e. The maximum absolute atomic E-state index is 12.4. The van der Waals surface area contributed by atoms with Gasteiger partial charge in [0.1, 0.15) is 5.60 Å². The third-order valence-electron chi connectivity index (χ3n) is 5.96. The Kier molecular flexibility index (Phi) is 6.51. The fraction of sp³-hybridized carbons (Fsp3) is 0.400. The summed E-state index contributed by atoms with van der Waals surface area (Å²) in [5.74, 6) is 0. The average molecular weight is 454 g/mol. The molecule has 0 saturated carbocycles. The van der Waals surface area contributed by atoms with Crippen molar-refractivity contribution in [2.24, 2.45) is 0 Å². The number of nitrogens with one attached hydrogen (secondary N) is 2. The summed E-state index contributed by atoms with van der Waals surface area (Å²) in [6, 6.07) is 16.3. The summed E-state index contributed by atoms with van der Waals surface area (Å²) in [4.78, 5) is 24.9. The van der Waals surface area contributed by atoms with Crippen LogP contribution in [0.4, 0.5) is 10.5 Å². The Labute approximate surface area is 194 Å². The lowest BCUT2D eigenvalue weighted by molar-refractivity contribution is -0.153. The molecule has 0 unspecified atom stereocenters. The van der Waals surface area contributed by atoms with Crippen molar-refractivity contribution in [1.29, 1.82) is 0 Å². The highest BCUT2D eigenvalue weighted by atomic mass is 32.2. The number of thioether (sulfide) groups is 1. The number of nitrogens with zero attached hydrogens (tertiary/aromatic N) is 1. The second-order valence-corrected chi connectivity index (χ2v) is 10.1. The minimum atomic E-state index is -0.469. The molecule has 7 heteroatoms. The van der Waals surface area contributed by atoms with Crippen LogP contribution in [0.15, 0.2) is 59.5 Å². The van der Waals surface area contributed by atoms with E-state index in [1.54, 1.807) is 16.8 Å². The van der Waals surface area contributed by atoms with Crippen molar-refractivity contribution in [2.45, 2.75) is 49.5 Å². The molecule has 0 bridgehead atoms. The van der Waals surface area contributed by atoms with Crippen LogP contribution in [0.2, 0.25) is 0 Å². The molecule has 1 amide bonds. The highest BCUT2D eigenvalue weighted by Gasteiger charge is 2.39. The van der Waals surface area contributed by atoms with Gasteiger partial charge in [-0.3, -0.25) is 15.6 Å². The molecule has 2 aliphatic heterocycles. The van der Waals surface area contributed by atoms with Gasteiger partial charge in [0.2, 0.25) is 0 Å². The number of para-hydroxylation sites is 1. The quantitative estimate of drug-likeness (QED) is 0.589. The van der Waals surface area contributed by atoms with Gasteiger partial charge >= 0.3 is 6.09 Å². The highest BCUT2D eigenvalue weighted by molar-refractivity contribution is 7.98. The Hall–Kier alpha value is -2.48. The zero-order valence-corrected chi connectivity index (χ0v) is 19.9. The number of hydrogen-bond donors (Lipinski definition) is 2. The average Bonchev–Trinajstić information content (AvgIpc) is 3.19. The summed E-state index contributed by atoms with van der Waals surface area (Å²) >= 11 is 1.58. The van der Waals surface area contributed by atoms with Crippen LogP contribution in [0, 0.1) is 0 Å². The van der Waals surface area contributed by atoms with Crippen LogP contribution in [0.3, 0.4) is 0 Å². The number of carbonyl (C=O) groups excluding carboxylic acids is 1. The van der Waals surface area contributed by atoms with E-state index in [2.05, 4.69) is 61.9 Å². The Morgan fingerprint density at radius 2 is 1.81 bits per heavy atom. The number of rotatable bonds is 4. The van der Waals surface area contributed by atoms with Gasteiger partial charge in [0.05, 0.1) is 11.4 Å². The Morgan fingerprint density at radius 1 is 1.12 bits per heavy atom. The number of piperidine rings is 1. The standard InChI is InChI=1S/C25H31N3O3S/c1-24(2,3)19-11-9-18(10-12-19)21-17-25(31-27-21)13-15-28(16-14-25)30-23(29)26-20-7-5-6-8-22(20)32-4/h5-12,17,27H,13-16H2,1-4H3,(H,26,29). The first-order chi connectivity index (χ1) is 15.3. The van der Waals surface area contributed by atoms with Gasteiger partial charge < -0.3 is 4.84 Å². The lowest BCUT2D eigenvalue weighted by atomic mass is 9.86. The zero-order chi connectivity index (χ0) is 22.8. The van der Waals surface area contributed by atoms with Gasteiger partial charge in [0.25, 0.3) is 0 Å². The van der Waals surface area contributed by atoms with Crippen LogP contribution in [0.5, 0.6) is 0 Å². The predicted octanol–water partition coefficient (Wildman–Crippen LogP) is 5.58. The first-order valence-electron chi connectivity index (χ1n) is 10.9. The lowest BCUT2D eigenvalue weighted by Gasteiger charge is -2.35. The molecule has 170 valence electrons. The fourth-order valence-electron chi connectivity index (χ4n) is 3.97. The molecule has 1 saturated heterocycles. The summed E-state index contributed by atoms with van der Waals surface area (Å²) < 4.78 is 0. The summed E-state index contributed by atoms with van der Waals surface area (Å²) in [5, 5.41) is 4.54. The van der Waals surface area contributed by atoms with Crippen LogP contribution in [0.1, 0.15) is 44.7 Å². The molecule has 2 aromatic rings. The van der Waals surface area contributed by atoms with Crippen LogP contribution in [-0.4, -0.2) is 36.1 Å². The van der Waals surface area contributed by atoms with Crippen LogP contribution in [0.25, 0.3) is 5.70 Å². The van der Waals surface area contributed by atoms with E-state index in [1.165, 1.54) is 5.56 Å². The van der Waals surface area contributed by atoms with Crippen molar-refractivity contribution >= 4 is 29.2 Å². The first kappa shape index (κ1) is 22.7. The maximum Gasteiger partial charge on any atom is 0.430 e. The molecular weight excluding hydrogens is 422 g/mol. The normalized spacial score (nSPS) is 18.2. The SMILES string of the molecule is CSc1ccccc1NC(=O)ON1CCC2(C=C(c3ccc(C(C)(C)C)cc3)NO2)CC1. The molecule has 0 aromatic heterocycles. The zero-order valence-electron chi connectivity index (χ0n) is 19.1. The molecule has 2 heterocycles. The van der Waals surface area contributed by atoms with Crippen molar-refractivity contribution in [2.75, 3.05) is 24.7 Å². The summed E-state index contributed by atoms with van der Waals surface area (Å²) in [7, 11) is 0. The van der Waals surface area contributed by atoms with E-state index >= 15 is 0 Å². The smallest absolute Gasteiger partial charge is 0.351 e. The Balaban J connectivity index is 1.33. The molecule has 6 nitrogen and oxygen atoms in total. The highest BCUT2D eigenvalue weighted by Crippen LogP contribution is 2.35. The van der Waals surface area contributed by atoms with E-state index in [0.717, 1.165) is 34.7 Å². The van der Waals surface area contributed by atoms with E-state index in [0.29, 0.717) is 13.1 Å². The van der Waals surface area contributed by atoms with Crippen molar-refractivity contribution in [3.8, 4) is 0 Å². The lowest BCUT2D eigenvalue weighted by Crippen LogP contribution is -2.45. The fourth-order valence-corrected chi connectivity index (χ4v) is 4.52. The van der Waals surface area contributed by atoms with Gasteiger partial charge in [-0.2, -0.15) is 0 Å². The van der Waals surface area contributed by atoms with Gasteiger partial charge in [0.15, 0.2) is 0 Å². The summed E-state index contributed by atoms with van der Waals surface area (Å²) in [6.45, 7) is 7.85. The van der Waals surface area contributed by atoms with E-state index in [4.69, 9.17) is 9.68 Å². The molecule has 2 aromatic carbocycles. The second kappa shape index (κ2) is 9.17. The largest absolute Gasteiger partial charge is 0.430 e. The molecule has 1 fully saturated rings. The molecular formula is C25H31N3O3S. The molecule has 0 atom stereocenters. The predicted molar refractivity (Wildman–Crippen MR) is 129 cm³/mol. The van der Waals surface area contributed by atoms with E-state index in [-0.39, 0.29) is 11.0 Å². The van der Waals surface area contributed by atoms with E-state index < -0.39 is 6.09 Å². The van der Waals surface area contributed by atoms with Gasteiger partial charge in [-0.05, 0) is 53.8 Å². The molecule has 32 heavy (non-hydrogen) atoms. The van der Waals surface area contributed by atoms with Gasteiger partial charge in [0, 0.05) is 18.0 Å². The molecule has 0 aliphatic carbocycles. The molecule has 2 N–H and O–H groups in total. The van der Waals surface area contributed by atoms with Crippen molar-refractivity contribution in [3.63, 3.8) is 0 Å². The Morgan fingerprint density at radius 3 is 2.47 bits per heavy atom. The maximum atomic E-state index is 12.4. The van der Waals surface area contributed by atoms with Crippen molar-refractivity contribution in [3.05, 3.63) is 65.7 Å². The Bertz CT molecular complexity index is 990. The van der Waals surface area contributed by atoms with Gasteiger partial charge in [-0.15, -0.1) is 16.8 Å². The topological polar surface area (TPSA) is 62.8 Å². The van der Waals surface area contributed by atoms with Gasteiger partial charge in [-0.1, -0.05) is 57.2 Å². The number of hydroxylamine groups is 3. The van der Waals surface area contributed by atoms with Gasteiger partial charge in [-0.25, -0.2) is 4.79 Å². The number of anilines is 1. The van der Waals surface area contributed by atoms with E-state index in [9.17, 15) is 4.79 Å². The van der Waals surface area contributed by atoms with E-state index in [1.807, 2.05) is 30.5 Å². The summed E-state index contributed by atoms with van der Waals surface area (Å²) in [6.07, 6.45) is 5.15. The number of benzene rings is 2. The molecule has 2 aliphatic rings. The van der Waals surface area contributed by atoms with Crippen LogP contribution < -0.4 is 10.8 Å².